The highest BCUT2D eigenvalue weighted by atomic mass is 15.1. The molecular weight excluding hydrogens is 148 g/mol. The van der Waals surface area contributed by atoms with E-state index < -0.39 is 0 Å². The summed E-state index contributed by atoms with van der Waals surface area (Å²) in [4.78, 5) is 0. The monoisotopic (exact) mass is 168 g/mol. The average molecular weight is 168 g/mol. The standard InChI is InChI=1S/C10H20N2/c1-7-8(2)12-10-6-4-3-5-9(10)11-7/h7-12H,3-6H2,1-2H3. The Morgan fingerprint density at radius 1 is 0.833 bits per heavy atom. The van der Waals surface area contributed by atoms with Crippen molar-refractivity contribution in [2.24, 2.45) is 0 Å². The van der Waals surface area contributed by atoms with E-state index in [2.05, 4.69) is 24.5 Å². The van der Waals surface area contributed by atoms with Gasteiger partial charge in [0, 0.05) is 24.2 Å². The van der Waals surface area contributed by atoms with Crippen LogP contribution >= 0.6 is 0 Å². The van der Waals surface area contributed by atoms with Crippen molar-refractivity contribution in [2.75, 3.05) is 0 Å². The van der Waals surface area contributed by atoms with Gasteiger partial charge in [0.15, 0.2) is 0 Å². The number of hydrogen-bond donors (Lipinski definition) is 2. The molecule has 1 saturated carbocycles. The van der Waals surface area contributed by atoms with Crippen molar-refractivity contribution >= 4 is 0 Å². The van der Waals surface area contributed by atoms with Crippen LogP contribution in [0.3, 0.4) is 0 Å². The second-order valence-electron chi connectivity index (χ2n) is 4.41. The van der Waals surface area contributed by atoms with Gasteiger partial charge in [-0.05, 0) is 26.7 Å². The molecule has 4 unspecified atom stereocenters. The van der Waals surface area contributed by atoms with Crippen LogP contribution in [0, 0.1) is 0 Å². The highest BCUT2D eigenvalue weighted by Gasteiger charge is 2.32. The molecule has 2 aliphatic rings. The molecule has 0 amide bonds. The van der Waals surface area contributed by atoms with Crippen molar-refractivity contribution in [3.8, 4) is 0 Å². The maximum absolute atomic E-state index is 3.71. The number of piperazine rings is 1. The van der Waals surface area contributed by atoms with E-state index in [-0.39, 0.29) is 0 Å². The topological polar surface area (TPSA) is 24.1 Å². The lowest BCUT2D eigenvalue weighted by atomic mass is 9.86. The number of fused-ring (bicyclic) bond motifs is 1. The fourth-order valence-electron chi connectivity index (χ4n) is 2.49. The van der Waals surface area contributed by atoms with Crippen molar-refractivity contribution in [1.29, 1.82) is 0 Å². The second-order valence-corrected chi connectivity index (χ2v) is 4.41. The third-order valence-corrected chi connectivity index (χ3v) is 3.47. The molecule has 0 radical (unpaired) electrons. The van der Waals surface area contributed by atoms with E-state index >= 15 is 0 Å². The first kappa shape index (κ1) is 8.52. The maximum atomic E-state index is 3.71. The summed E-state index contributed by atoms with van der Waals surface area (Å²) >= 11 is 0. The van der Waals surface area contributed by atoms with Crippen LogP contribution in [0.2, 0.25) is 0 Å². The molecule has 1 aliphatic heterocycles. The third-order valence-electron chi connectivity index (χ3n) is 3.47. The van der Waals surface area contributed by atoms with Crippen molar-refractivity contribution in [3.05, 3.63) is 0 Å². The molecule has 2 heteroatoms. The van der Waals surface area contributed by atoms with Crippen LogP contribution in [-0.4, -0.2) is 24.2 Å². The largest absolute Gasteiger partial charge is 0.308 e. The minimum absolute atomic E-state index is 0.643. The molecule has 4 atom stereocenters. The van der Waals surface area contributed by atoms with E-state index in [0.717, 1.165) is 12.1 Å². The molecule has 0 aromatic heterocycles. The lowest BCUT2D eigenvalue weighted by molar-refractivity contribution is 0.183. The van der Waals surface area contributed by atoms with Crippen molar-refractivity contribution < 1.29 is 0 Å². The van der Waals surface area contributed by atoms with Crippen LogP contribution in [0.1, 0.15) is 39.5 Å². The lowest BCUT2D eigenvalue weighted by Gasteiger charge is -2.43. The van der Waals surface area contributed by atoms with Gasteiger partial charge in [0.05, 0.1) is 0 Å². The summed E-state index contributed by atoms with van der Waals surface area (Å²) in [5.74, 6) is 0. The quantitative estimate of drug-likeness (QED) is 0.569. The van der Waals surface area contributed by atoms with Crippen LogP contribution in [0.4, 0.5) is 0 Å². The van der Waals surface area contributed by atoms with Gasteiger partial charge in [-0.25, -0.2) is 0 Å². The molecule has 12 heavy (non-hydrogen) atoms. The summed E-state index contributed by atoms with van der Waals surface area (Å²) in [5.41, 5.74) is 0. The van der Waals surface area contributed by atoms with E-state index in [0.29, 0.717) is 12.1 Å². The molecule has 1 heterocycles. The number of rotatable bonds is 0. The van der Waals surface area contributed by atoms with Gasteiger partial charge in [-0.2, -0.15) is 0 Å². The first-order valence-electron chi connectivity index (χ1n) is 5.29. The Morgan fingerprint density at radius 2 is 1.25 bits per heavy atom. The third kappa shape index (κ3) is 1.50. The van der Waals surface area contributed by atoms with Gasteiger partial charge in [-0.3, -0.25) is 0 Å². The van der Waals surface area contributed by atoms with Gasteiger partial charge in [-0.15, -0.1) is 0 Å². The minimum Gasteiger partial charge on any atom is -0.308 e. The van der Waals surface area contributed by atoms with Crippen LogP contribution in [-0.2, 0) is 0 Å². The zero-order chi connectivity index (χ0) is 8.55. The average Bonchev–Trinajstić information content (AvgIpc) is 2.07. The zero-order valence-electron chi connectivity index (χ0n) is 8.14. The van der Waals surface area contributed by atoms with E-state index in [4.69, 9.17) is 0 Å². The van der Waals surface area contributed by atoms with Crippen LogP contribution < -0.4 is 10.6 Å². The molecule has 0 aromatic carbocycles. The Morgan fingerprint density at radius 3 is 1.67 bits per heavy atom. The summed E-state index contributed by atoms with van der Waals surface area (Å²) in [5, 5.41) is 7.41. The molecule has 2 rings (SSSR count). The maximum Gasteiger partial charge on any atom is 0.0224 e. The summed E-state index contributed by atoms with van der Waals surface area (Å²) in [6.45, 7) is 4.56. The molecular formula is C10H20N2. The lowest BCUT2D eigenvalue weighted by Crippen LogP contribution is -2.64. The van der Waals surface area contributed by atoms with E-state index in [1.807, 2.05) is 0 Å². The van der Waals surface area contributed by atoms with E-state index in [9.17, 15) is 0 Å². The molecule has 2 fully saturated rings. The van der Waals surface area contributed by atoms with Crippen molar-refractivity contribution in [3.63, 3.8) is 0 Å². The fourth-order valence-corrected chi connectivity index (χ4v) is 2.49. The molecule has 70 valence electrons. The van der Waals surface area contributed by atoms with Gasteiger partial charge < -0.3 is 10.6 Å². The second kappa shape index (κ2) is 3.35. The molecule has 0 aromatic rings. The summed E-state index contributed by atoms with van der Waals surface area (Å²) < 4.78 is 0. The summed E-state index contributed by atoms with van der Waals surface area (Å²) in [7, 11) is 0. The molecule has 2 nitrogen and oxygen atoms in total. The predicted molar refractivity (Wildman–Crippen MR) is 51.2 cm³/mol. The zero-order valence-corrected chi connectivity index (χ0v) is 8.14. The van der Waals surface area contributed by atoms with Gasteiger partial charge in [0.1, 0.15) is 0 Å². The predicted octanol–water partition coefficient (Wildman–Crippen LogP) is 1.27. The van der Waals surface area contributed by atoms with Crippen LogP contribution in [0.25, 0.3) is 0 Å². The fraction of sp³-hybridized carbons (Fsp3) is 1.00. The SMILES string of the molecule is CC1NC2CCCCC2NC1C. The highest BCUT2D eigenvalue weighted by molar-refractivity contribution is 4.96. The van der Waals surface area contributed by atoms with Gasteiger partial charge in [0.25, 0.3) is 0 Å². The van der Waals surface area contributed by atoms with Crippen molar-refractivity contribution in [2.45, 2.75) is 63.7 Å². The molecule has 1 saturated heterocycles. The normalized spacial score (nSPS) is 48.5. The number of nitrogens with one attached hydrogen (secondary N) is 2. The van der Waals surface area contributed by atoms with Gasteiger partial charge >= 0.3 is 0 Å². The Bertz CT molecular complexity index is 140. The Balaban J connectivity index is 1.98. The Labute approximate surface area is 75.1 Å². The minimum atomic E-state index is 0.643. The van der Waals surface area contributed by atoms with Crippen molar-refractivity contribution in [1.82, 2.24) is 10.6 Å². The Hall–Kier alpha value is -0.0800. The molecule has 2 N–H and O–H groups in total. The Kier molecular flexibility index (Phi) is 2.37. The van der Waals surface area contributed by atoms with E-state index in [1.54, 1.807) is 0 Å². The first-order valence-corrected chi connectivity index (χ1v) is 5.29. The highest BCUT2D eigenvalue weighted by Crippen LogP contribution is 2.22. The van der Waals surface area contributed by atoms with Crippen LogP contribution in [0.5, 0.6) is 0 Å². The summed E-state index contributed by atoms with van der Waals surface area (Å²) in [6.07, 6.45) is 5.57. The first-order chi connectivity index (χ1) is 5.77. The smallest absolute Gasteiger partial charge is 0.0224 e. The molecule has 0 spiro atoms. The summed E-state index contributed by atoms with van der Waals surface area (Å²) in [6, 6.07) is 2.79. The molecule has 0 bridgehead atoms. The number of hydrogen-bond acceptors (Lipinski definition) is 2. The molecule has 1 aliphatic carbocycles. The van der Waals surface area contributed by atoms with Crippen LogP contribution in [0.15, 0.2) is 0 Å². The van der Waals surface area contributed by atoms with Gasteiger partial charge in [-0.1, -0.05) is 12.8 Å². The van der Waals surface area contributed by atoms with E-state index in [1.165, 1.54) is 25.7 Å². The van der Waals surface area contributed by atoms with Gasteiger partial charge in [0.2, 0.25) is 0 Å².